The molecular weight excluding hydrogens is 430 g/mol. The average molecular weight is 445 g/mol. The van der Waals surface area contributed by atoms with Crippen LogP contribution in [0.4, 0.5) is 11.4 Å². The highest BCUT2D eigenvalue weighted by atomic mass is 16.6. The van der Waals surface area contributed by atoms with Crippen LogP contribution in [0.1, 0.15) is 21.5 Å². The number of carbonyl (C=O) groups excluding carboxylic acids is 1. The normalized spacial score (nSPS) is 10.7. The van der Waals surface area contributed by atoms with E-state index < -0.39 is 27.2 Å². The third-order valence-electron chi connectivity index (χ3n) is 4.46. The summed E-state index contributed by atoms with van der Waals surface area (Å²) in [5.74, 6) is -0.264. The van der Waals surface area contributed by atoms with Crippen molar-refractivity contribution in [3.05, 3.63) is 104 Å². The fraction of sp³-hybridized carbons (Fsp3) is 0.0435. The van der Waals surface area contributed by atoms with Gasteiger partial charge in [-0.1, -0.05) is 12.1 Å². The molecule has 0 aliphatic carbocycles. The van der Waals surface area contributed by atoms with Crippen molar-refractivity contribution in [1.29, 1.82) is 5.26 Å². The summed E-state index contributed by atoms with van der Waals surface area (Å²) in [4.78, 5) is 32.9. The van der Waals surface area contributed by atoms with Crippen LogP contribution in [0.25, 0.3) is 11.6 Å². The first kappa shape index (κ1) is 22.6. The van der Waals surface area contributed by atoms with E-state index in [4.69, 9.17) is 9.47 Å². The molecule has 0 saturated heterocycles. The zero-order valence-corrected chi connectivity index (χ0v) is 17.1. The van der Waals surface area contributed by atoms with Crippen molar-refractivity contribution in [1.82, 2.24) is 0 Å². The first-order valence-corrected chi connectivity index (χ1v) is 9.33. The zero-order chi connectivity index (χ0) is 24.0. The lowest BCUT2D eigenvalue weighted by Gasteiger charge is -2.06. The molecule has 164 valence electrons. The second kappa shape index (κ2) is 9.84. The van der Waals surface area contributed by atoms with Crippen molar-refractivity contribution >= 4 is 29.0 Å². The quantitative estimate of drug-likeness (QED) is 0.126. The van der Waals surface area contributed by atoms with Crippen molar-refractivity contribution in [3.63, 3.8) is 0 Å². The highest BCUT2D eigenvalue weighted by Crippen LogP contribution is 2.25. The fourth-order valence-corrected chi connectivity index (χ4v) is 2.88. The monoisotopic (exact) mass is 445 g/mol. The minimum Gasteiger partial charge on any atom is -0.497 e. The number of hydrogen-bond acceptors (Lipinski definition) is 8. The van der Waals surface area contributed by atoms with Gasteiger partial charge in [-0.25, -0.2) is 4.79 Å². The number of nitro groups is 2. The third-order valence-corrected chi connectivity index (χ3v) is 4.46. The maximum Gasteiger partial charge on any atom is 0.344 e. The number of ether oxygens (including phenoxy) is 2. The number of rotatable bonds is 7. The summed E-state index contributed by atoms with van der Waals surface area (Å²) < 4.78 is 10.4. The third kappa shape index (κ3) is 5.56. The minimum atomic E-state index is -1.00. The lowest BCUT2D eigenvalue weighted by Crippen LogP contribution is -2.09. The van der Waals surface area contributed by atoms with E-state index in [0.29, 0.717) is 22.4 Å². The number of nitrogens with zero attached hydrogens (tertiary/aromatic N) is 3. The molecule has 0 radical (unpaired) electrons. The van der Waals surface area contributed by atoms with Crippen LogP contribution in [-0.4, -0.2) is 22.9 Å². The Labute approximate surface area is 187 Å². The molecule has 10 heteroatoms. The minimum absolute atomic E-state index is 0.0925. The topological polar surface area (TPSA) is 146 Å². The van der Waals surface area contributed by atoms with Crippen LogP contribution in [0.15, 0.2) is 66.7 Å². The predicted molar refractivity (Wildman–Crippen MR) is 118 cm³/mol. The molecule has 0 saturated carbocycles. The summed E-state index contributed by atoms with van der Waals surface area (Å²) in [6.45, 7) is 0. The predicted octanol–water partition coefficient (Wildman–Crippen LogP) is 4.79. The van der Waals surface area contributed by atoms with Crippen molar-refractivity contribution < 1.29 is 24.1 Å². The average Bonchev–Trinajstić information content (AvgIpc) is 2.82. The number of esters is 1. The largest absolute Gasteiger partial charge is 0.497 e. The van der Waals surface area contributed by atoms with E-state index in [2.05, 4.69) is 6.07 Å². The van der Waals surface area contributed by atoms with E-state index in [1.807, 2.05) is 0 Å². The van der Waals surface area contributed by atoms with Crippen molar-refractivity contribution in [2.45, 2.75) is 0 Å². The van der Waals surface area contributed by atoms with Gasteiger partial charge in [-0.05, 0) is 53.6 Å². The van der Waals surface area contributed by atoms with Gasteiger partial charge in [-0.3, -0.25) is 20.2 Å². The molecule has 0 unspecified atom stereocenters. The maximum atomic E-state index is 12.5. The van der Waals surface area contributed by atoms with Crippen LogP contribution < -0.4 is 9.47 Å². The van der Waals surface area contributed by atoms with Crippen LogP contribution >= 0.6 is 0 Å². The van der Waals surface area contributed by atoms with Crippen LogP contribution in [-0.2, 0) is 0 Å². The van der Waals surface area contributed by atoms with Gasteiger partial charge in [0.1, 0.15) is 11.5 Å². The van der Waals surface area contributed by atoms with E-state index in [0.717, 1.165) is 18.2 Å². The molecule has 0 aromatic heterocycles. The van der Waals surface area contributed by atoms with Gasteiger partial charge in [0, 0.05) is 12.1 Å². The summed E-state index contributed by atoms with van der Waals surface area (Å²) in [5, 5.41) is 31.6. The van der Waals surface area contributed by atoms with Gasteiger partial charge >= 0.3 is 5.97 Å². The fourth-order valence-electron chi connectivity index (χ4n) is 2.88. The molecule has 0 N–H and O–H groups in total. The van der Waals surface area contributed by atoms with E-state index in [9.17, 15) is 30.3 Å². The van der Waals surface area contributed by atoms with Crippen LogP contribution in [0.3, 0.4) is 0 Å². The SMILES string of the molecule is COc1ccc(/C(C#N)=C\c2cccc(OC(=O)c3cc([N+](=O)[O-])cc([N+](=O)[O-])c3)c2)cc1. The Morgan fingerprint density at radius 3 is 2.09 bits per heavy atom. The number of allylic oxidation sites excluding steroid dienone is 1. The second-order valence-electron chi connectivity index (χ2n) is 6.61. The highest BCUT2D eigenvalue weighted by Gasteiger charge is 2.21. The number of carbonyl (C=O) groups is 1. The Morgan fingerprint density at radius 1 is 0.909 bits per heavy atom. The van der Waals surface area contributed by atoms with Gasteiger partial charge in [-0.2, -0.15) is 5.26 Å². The number of benzene rings is 3. The molecule has 0 amide bonds. The highest BCUT2D eigenvalue weighted by molar-refractivity contribution is 5.93. The number of nitriles is 1. The van der Waals surface area contributed by atoms with Gasteiger partial charge < -0.3 is 9.47 Å². The molecule has 3 aromatic carbocycles. The Balaban J connectivity index is 1.87. The molecule has 3 rings (SSSR count). The lowest BCUT2D eigenvalue weighted by atomic mass is 10.0. The molecule has 0 atom stereocenters. The second-order valence-corrected chi connectivity index (χ2v) is 6.61. The van der Waals surface area contributed by atoms with E-state index in [1.54, 1.807) is 42.5 Å². The molecule has 0 fully saturated rings. The first-order chi connectivity index (χ1) is 15.8. The first-order valence-electron chi connectivity index (χ1n) is 9.33. The number of non-ortho nitro benzene ring substituents is 2. The summed E-state index contributed by atoms with van der Waals surface area (Å²) >= 11 is 0. The maximum absolute atomic E-state index is 12.5. The van der Waals surface area contributed by atoms with Crippen LogP contribution in [0.5, 0.6) is 11.5 Å². The van der Waals surface area contributed by atoms with E-state index >= 15 is 0 Å². The Bertz CT molecular complexity index is 1280. The molecule has 10 nitrogen and oxygen atoms in total. The van der Waals surface area contributed by atoms with Crippen LogP contribution in [0.2, 0.25) is 0 Å². The van der Waals surface area contributed by atoms with Crippen LogP contribution in [0, 0.1) is 31.6 Å². The van der Waals surface area contributed by atoms with E-state index in [1.165, 1.54) is 19.2 Å². The molecule has 0 bridgehead atoms. The number of methoxy groups -OCH3 is 1. The van der Waals surface area contributed by atoms with Gasteiger partial charge in [0.25, 0.3) is 11.4 Å². The molecule has 0 heterocycles. The smallest absolute Gasteiger partial charge is 0.344 e. The van der Waals surface area contributed by atoms with Crippen molar-refractivity contribution in [2.75, 3.05) is 7.11 Å². The standard InChI is InChI=1S/C23H15N3O7/c1-32-21-7-5-16(6-8-21)18(14-24)9-15-3-2-4-22(10-15)33-23(27)17-11-19(25(28)29)13-20(12-17)26(30)31/h2-13H,1H3/b18-9-. The Kier molecular flexibility index (Phi) is 6.75. The molecular formula is C23H15N3O7. The molecule has 0 aliphatic heterocycles. The Morgan fingerprint density at radius 2 is 1.55 bits per heavy atom. The number of nitro benzene ring substituents is 2. The van der Waals surface area contributed by atoms with Gasteiger partial charge in [0.2, 0.25) is 0 Å². The molecule has 0 aliphatic rings. The van der Waals surface area contributed by atoms with Gasteiger partial charge in [-0.15, -0.1) is 0 Å². The molecule has 0 spiro atoms. The van der Waals surface area contributed by atoms with E-state index in [-0.39, 0.29) is 11.3 Å². The summed E-state index contributed by atoms with van der Waals surface area (Å²) in [6.07, 6.45) is 1.59. The van der Waals surface area contributed by atoms with Gasteiger partial charge in [0.05, 0.1) is 40.2 Å². The van der Waals surface area contributed by atoms with Crippen molar-refractivity contribution in [2.24, 2.45) is 0 Å². The summed E-state index contributed by atoms with van der Waals surface area (Å²) in [7, 11) is 1.54. The summed E-state index contributed by atoms with van der Waals surface area (Å²) in [5.41, 5.74) is 0.0162. The van der Waals surface area contributed by atoms with Gasteiger partial charge in [0.15, 0.2) is 0 Å². The molecule has 3 aromatic rings. The Hall–Kier alpha value is -5.04. The van der Waals surface area contributed by atoms with Crippen molar-refractivity contribution in [3.8, 4) is 17.6 Å². The number of hydrogen-bond donors (Lipinski definition) is 0. The summed E-state index contributed by atoms with van der Waals surface area (Å²) in [6, 6.07) is 17.8. The zero-order valence-electron chi connectivity index (χ0n) is 17.1. The molecule has 33 heavy (non-hydrogen) atoms. The lowest BCUT2D eigenvalue weighted by molar-refractivity contribution is -0.394.